The van der Waals surface area contributed by atoms with Gasteiger partial charge in [0.15, 0.2) is 6.10 Å². The van der Waals surface area contributed by atoms with E-state index in [9.17, 15) is 9.59 Å². The molecule has 1 aliphatic rings. The minimum Gasteiger partial charge on any atom is -0.481 e. The van der Waals surface area contributed by atoms with Crippen LogP contribution in [-0.4, -0.2) is 17.9 Å². The quantitative estimate of drug-likeness (QED) is 0.821. The van der Waals surface area contributed by atoms with Gasteiger partial charge in [-0.1, -0.05) is 12.1 Å². The number of carbonyl (C=O) groups is 2. The summed E-state index contributed by atoms with van der Waals surface area (Å²) in [5, 5.41) is 0. The Morgan fingerprint density at radius 3 is 2.60 bits per heavy atom. The summed E-state index contributed by atoms with van der Waals surface area (Å²) >= 11 is 0. The van der Waals surface area contributed by atoms with Crippen LogP contribution in [-0.2, 0) is 9.59 Å². The smallest absolute Gasteiger partial charge is 0.279 e. The van der Waals surface area contributed by atoms with Gasteiger partial charge in [0.2, 0.25) is 5.91 Å². The maximum absolute atomic E-state index is 11.8. The molecule has 2 amide bonds. The van der Waals surface area contributed by atoms with Gasteiger partial charge in [0.25, 0.3) is 5.91 Å². The van der Waals surface area contributed by atoms with Crippen molar-refractivity contribution in [3.8, 4) is 5.75 Å². The molecule has 0 saturated heterocycles. The largest absolute Gasteiger partial charge is 0.481 e. The number of benzene rings is 1. The van der Waals surface area contributed by atoms with E-state index < -0.39 is 6.10 Å². The first-order valence-electron chi connectivity index (χ1n) is 6.81. The fraction of sp³-hybridized carbons (Fsp3) is 0.467. The lowest BCUT2D eigenvalue weighted by Gasteiger charge is -2.17. The van der Waals surface area contributed by atoms with E-state index >= 15 is 0 Å². The van der Waals surface area contributed by atoms with Crippen molar-refractivity contribution in [2.24, 2.45) is 5.92 Å². The van der Waals surface area contributed by atoms with Crippen LogP contribution < -0.4 is 15.6 Å². The Bertz CT molecular complexity index is 524. The molecule has 0 aromatic heterocycles. The summed E-state index contributed by atoms with van der Waals surface area (Å²) in [5.74, 6) is 0.254. The van der Waals surface area contributed by atoms with E-state index in [1.54, 1.807) is 6.92 Å². The van der Waals surface area contributed by atoms with Gasteiger partial charge in [-0.25, -0.2) is 0 Å². The Morgan fingerprint density at radius 2 is 1.95 bits per heavy atom. The van der Waals surface area contributed by atoms with Crippen LogP contribution in [0.3, 0.4) is 0 Å². The molecule has 0 radical (unpaired) electrons. The van der Waals surface area contributed by atoms with Gasteiger partial charge in [0.1, 0.15) is 5.75 Å². The number of hydrogen-bond acceptors (Lipinski definition) is 3. The molecule has 20 heavy (non-hydrogen) atoms. The van der Waals surface area contributed by atoms with Crippen molar-refractivity contribution in [3.63, 3.8) is 0 Å². The number of nitrogens with one attached hydrogen (secondary N) is 2. The van der Waals surface area contributed by atoms with E-state index in [0.717, 1.165) is 24.0 Å². The second-order valence-corrected chi connectivity index (χ2v) is 5.21. The number of aryl methyl sites for hydroxylation is 1. The molecule has 2 rings (SSSR count). The van der Waals surface area contributed by atoms with Gasteiger partial charge in [0, 0.05) is 5.92 Å². The zero-order valence-electron chi connectivity index (χ0n) is 12.0. The van der Waals surface area contributed by atoms with Crippen molar-refractivity contribution >= 4 is 11.8 Å². The molecule has 1 atom stereocenters. The van der Waals surface area contributed by atoms with Crippen LogP contribution in [0.4, 0.5) is 0 Å². The number of carbonyl (C=O) groups excluding carboxylic acids is 2. The maximum Gasteiger partial charge on any atom is 0.279 e. The number of amides is 2. The summed E-state index contributed by atoms with van der Waals surface area (Å²) in [6, 6.07) is 5.70. The first kappa shape index (κ1) is 14.4. The maximum atomic E-state index is 11.8. The average molecular weight is 276 g/mol. The van der Waals surface area contributed by atoms with Crippen LogP contribution in [0, 0.1) is 19.8 Å². The molecule has 0 heterocycles. The number of hydrogen-bond donors (Lipinski definition) is 2. The summed E-state index contributed by atoms with van der Waals surface area (Å²) < 4.78 is 5.63. The molecule has 0 spiro atoms. The summed E-state index contributed by atoms with van der Waals surface area (Å²) in [6.45, 7) is 5.59. The third-order valence-corrected chi connectivity index (χ3v) is 3.48. The molecule has 1 aromatic rings. The van der Waals surface area contributed by atoms with E-state index in [4.69, 9.17) is 4.74 Å². The normalized spacial score (nSPS) is 15.3. The van der Waals surface area contributed by atoms with E-state index in [1.807, 2.05) is 32.0 Å². The molecule has 1 saturated carbocycles. The van der Waals surface area contributed by atoms with Gasteiger partial charge in [-0.05, 0) is 50.8 Å². The lowest BCUT2D eigenvalue weighted by Crippen LogP contribution is -2.47. The van der Waals surface area contributed by atoms with Crippen LogP contribution in [0.25, 0.3) is 0 Å². The van der Waals surface area contributed by atoms with Gasteiger partial charge in [-0.2, -0.15) is 0 Å². The van der Waals surface area contributed by atoms with Crippen molar-refractivity contribution in [1.82, 2.24) is 10.9 Å². The van der Waals surface area contributed by atoms with E-state index in [-0.39, 0.29) is 17.7 Å². The first-order valence-corrected chi connectivity index (χ1v) is 6.81. The lowest BCUT2D eigenvalue weighted by molar-refractivity contribution is -0.133. The number of ether oxygens (including phenoxy) is 1. The zero-order valence-corrected chi connectivity index (χ0v) is 12.0. The summed E-state index contributed by atoms with van der Waals surface area (Å²) in [5.41, 5.74) is 6.93. The topological polar surface area (TPSA) is 67.4 Å². The van der Waals surface area contributed by atoms with Crippen LogP contribution in [0.15, 0.2) is 18.2 Å². The predicted octanol–water partition coefficient (Wildman–Crippen LogP) is 1.63. The first-order chi connectivity index (χ1) is 9.49. The highest BCUT2D eigenvalue weighted by Crippen LogP contribution is 2.28. The number of rotatable bonds is 4. The Morgan fingerprint density at radius 1 is 1.25 bits per heavy atom. The zero-order chi connectivity index (χ0) is 14.7. The second-order valence-electron chi connectivity index (χ2n) is 5.21. The van der Waals surface area contributed by atoms with Crippen molar-refractivity contribution in [2.75, 3.05) is 0 Å². The lowest BCUT2D eigenvalue weighted by atomic mass is 10.1. The van der Waals surface area contributed by atoms with Crippen LogP contribution in [0.2, 0.25) is 0 Å². The Labute approximate surface area is 118 Å². The van der Waals surface area contributed by atoms with Gasteiger partial charge < -0.3 is 4.74 Å². The van der Waals surface area contributed by atoms with Gasteiger partial charge >= 0.3 is 0 Å². The molecule has 0 unspecified atom stereocenters. The monoisotopic (exact) mass is 276 g/mol. The Hall–Kier alpha value is -2.04. The molecular formula is C15H20N2O3. The minimum absolute atomic E-state index is 0.0607. The van der Waals surface area contributed by atoms with Gasteiger partial charge in [0.05, 0.1) is 0 Å². The standard InChI is InChI=1S/C15H20N2O3/c1-9-5-4-6-13(10(9)2)20-11(3)14(18)16-17-15(19)12-7-8-12/h4-6,11-12H,7-8H2,1-3H3,(H,16,18)(H,17,19)/t11-/m1/s1. The fourth-order valence-corrected chi connectivity index (χ4v) is 1.77. The molecule has 1 aliphatic carbocycles. The summed E-state index contributed by atoms with van der Waals surface area (Å²) in [6.07, 6.45) is 1.13. The third-order valence-electron chi connectivity index (χ3n) is 3.48. The molecule has 0 aliphatic heterocycles. The van der Waals surface area contributed by atoms with Crippen molar-refractivity contribution in [2.45, 2.75) is 39.7 Å². The highest BCUT2D eigenvalue weighted by Gasteiger charge is 2.30. The van der Waals surface area contributed by atoms with E-state index in [1.165, 1.54) is 0 Å². The molecule has 5 nitrogen and oxygen atoms in total. The van der Waals surface area contributed by atoms with Gasteiger partial charge in [-0.15, -0.1) is 0 Å². The van der Waals surface area contributed by atoms with Crippen molar-refractivity contribution < 1.29 is 14.3 Å². The molecule has 5 heteroatoms. The minimum atomic E-state index is -0.671. The Balaban J connectivity index is 1.86. The highest BCUT2D eigenvalue weighted by molar-refractivity contribution is 5.86. The SMILES string of the molecule is Cc1cccc(O[C@H](C)C(=O)NNC(=O)C2CC2)c1C. The van der Waals surface area contributed by atoms with Crippen molar-refractivity contribution in [3.05, 3.63) is 29.3 Å². The molecular weight excluding hydrogens is 256 g/mol. The molecule has 1 fully saturated rings. The van der Waals surface area contributed by atoms with Crippen LogP contribution in [0.5, 0.6) is 5.75 Å². The van der Waals surface area contributed by atoms with E-state index in [0.29, 0.717) is 5.75 Å². The van der Waals surface area contributed by atoms with Crippen LogP contribution in [0.1, 0.15) is 30.9 Å². The molecule has 0 bridgehead atoms. The fourth-order valence-electron chi connectivity index (χ4n) is 1.77. The summed E-state index contributed by atoms with van der Waals surface area (Å²) in [4.78, 5) is 23.3. The third kappa shape index (κ3) is 3.50. The summed E-state index contributed by atoms with van der Waals surface area (Å²) in [7, 11) is 0. The average Bonchev–Trinajstić information content (AvgIpc) is 3.25. The van der Waals surface area contributed by atoms with Crippen LogP contribution >= 0.6 is 0 Å². The predicted molar refractivity (Wildman–Crippen MR) is 75.0 cm³/mol. The highest BCUT2D eigenvalue weighted by atomic mass is 16.5. The Kier molecular flexibility index (Phi) is 4.27. The van der Waals surface area contributed by atoms with Crippen molar-refractivity contribution in [1.29, 1.82) is 0 Å². The second kappa shape index (κ2) is 5.94. The van der Waals surface area contributed by atoms with Gasteiger partial charge in [-0.3, -0.25) is 20.4 Å². The number of hydrazine groups is 1. The molecule has 1 aromatic carbocycles. The van der Waals surface area contributed by atoms with E-state index in [2.05, 4.69) is 10.9 Å². The molecule has 2 N–H and O–H groups in total. The molecule has 108 valence electrons.